The zero-order valence-electron chi connectivity index (χ0n) is 15.9. The van der Waals surface area contributed by atoms with Crippen LogP contribution in [0.1, 0.15) is 25.7 Å². The van der Waals surface area contributed by atoms with E-state index in [1.807, 2.05) is 30.5 Å². The normalized spacial score (nSPS) is 13.9. The molecule has 1 fully saturated rings. The summed E-state index contributed by atoms with van der Waals surface area (Å²) in [5, 5.41) is 5.69. The van der Waals surface area contributed by atoms with Gasteiger partial charge in [-0.05, 0) is 47.7 Å². The molecule has 0 radical (unpaired) electrons. The maximum Gasteiger partial charge on any atom is 0.325 e. The lowest BCUT2D eigenvalue weighted by Gasteiger charge is -2.17. The van der Waals surface area contributed by atoms with Gasteiger partial charge in [-0.1, -0.05) is 18.2 Å². The van der Waals surface area contributed by atoms with Crippen LogP contribution < -0.4 is 10.2 Å². The van der Waals surface area contributed by atoms with Crippen LogP contribution in [0.3, 0.4) is 0 Å². The van der Waals surface area contributed by atoms with Crippen LogP contribution in [-0.4, -0.2) is 29.9 Å². The molecule has 1 aliphatic heterocycles. The lowest BCUT2D eigenvalue weighted by Crippen LogP contribution is -2.31. The van der Waals surface area contributed by atoms with Gasteiger partial charge in [0.1, 0.15) is 10.8 Å². The van der Waals surface area contributed by atoms with E-state index in [2.05, 4.69) is 5.32 Å². The number of nitrogens with zero attached hydrogens (tertiary/aromatic N) is 2. The molecule has 1 aromatic carbocycles. The minimum atomic E-state index is -0.290. The highest BCUT2D eigenvalue weighted by Crippen LogP contribution is 2.32. The fourth-order valence-electron chi connectivity index (χ4n) is 3.23. The van der Waals surface area contributed by atoms with Crippen LogP contribution in [0.2, 0.25) is 0 Å². The Hall–Kier alpha value is -2.71. The Bertz CT molecular complexity index is 1020. The number of thiophene rings is 2. The average molecular weight is 430 g/mol. The number of hydrogen-bond donors (Lipinski definition) is 1. The van der Waals surface area contributed by atoms with E-state index in [0.29, 0.717) is 31.1 Å². The standard InChI is InChI=1S/C21H20FN3O2S2/c1-14-11-18(29-19(14)20(26)23-12-17-3-2-10-28-17)25-9-8-24(21(25)27)13-15-4-6-16(22)7-5-15/h2-7,10-11H,8-9,12-13H2,1H3,(H,23,26). The number of carbonyl (C=O) groups is 2. The third kappa shape index (κ3) is 4.33. The quantitative estimate of drug-likeness (QED) is 0.621. The second-order valence-corrected chi connectivity index (χ2v) is 8.90. The summed E-state index contributed by atoms with van der Waals surface area (Å²) in [7, 11) is 0. The number of urea groups is 1. The Labute approximate surface area is 176 Å². The highest BCUT2D eigenvalue weighted by atomic mass is 32.1. The summed E-state index contributed by atoms with van der Waals surface area (Å²) in [5.74, 6) is -0.413. The van der Waals surface area contributed by atoms with E-state index in [4.69, 9.17) is 0 Å². The van der Waals surface area contributed by atoms with Crippen molar-refractivity contribution in [2.45, 2.75) is 20.0 Å². The third-order valence-corrected chi connectivity index (χ3v) is 6.90. The molecular formula is C21H20FN3O2S2. The van der Waals surface area contributed by atoms with Crippen molar-refractivity contribution in [2.75, 3.05) is 18.0 Å². The van der Waals surface area contributed by atoms with Gasteiger partial charge in [0.2, 0.25) is 0 Å². The molecule has 0 atom stereocenters. The first-order valence-corrected chi connectivity index (χ1v) is 10.9. The Morgan fingerprint density at radius 3 is 2.72 bits per heavy atom. The molecule has 5 nitrogen and oxygen atoms in total. The lowest BCUT2D eigenvalue weighted by atomic mass is 10.2. The van der Waals surface area contributed by atoms with Crippen LogP contribution in [0.25, 0.3) is 0 Å². The molecule has 29 heavy (non-hydrogen) atoms. The minimum Gasteiger partial charge on any atom is -0.346 e. The number of nitrogens with one attached hydrogen (secondary N) is 1. The molecule has 8 heteroatoms. The summed E-state index contributed by atoms with van der Waals surface area (Å²) in [4.78, 5) is 30.6. The number of benzene rings is 1. The summed E-state index contributed by atoms with van der Waals surface area (Å²) >= 11 is 2.94. The van der Waals surface area contributed by atoms with E-state index < -0.39 is 0 Å². The molecule has 3 amide bonds. The molecule has 150 valence electrons. The number of carbonyl (C=O) groups excluding carboxylic acids is 2. The Kier molecular flexibility index (Phi) is 5.64. The van der Waals surface area contributed by atoms with Gasteiger partial charge in [-0.2, -0.15) is 0 Å². The molecule has 1 saturated heterocycles. The van der Waals surface area contributed by atoms with Gasteiger partial charge in [-0.15, -0.1) is 22.7 Å². The number of rotatable bonds is 6. The monoisotopic (exact) mass is 429 g/mol. The molecule has 0 spiro atoms. The van der Waals surface area contributed by atoms with Crippen LogP contribution in [0.15, 0.2) is 47.8 Å². The molecule has 3 aromatic rings. The van der Waals surface area contributed by atoms with Crippen molar-refractivity contribution in [3.63, 3.8) is 0 Å². The highest BCUT2D eigenvalue weighted by molar-refractivity contribution is 7.18. The van der Waals surface area contributed by atoms with Gasteiger partial charge >= 0.3 is 6.03 Å². The van der Waals surface area contributed by atoms with E-state index in [1.165, 1.54) is 23.5 Å². The van der Waals surface area contributed by atoms with Crippen molar-refractivity contribution in [1.29, 1.82) is 0 Å². The molecule has 0 bridgehead atoms. The topological polar surface area (TPSA) is 52.7 Å². The van der Waals surface area contributed by atoms with E-state index in [9.17, 15) is 14.0 Å². The van der Waals surface area contributed by atoms with Crippen LogP contribution >= 0.6 is 22.7 Å². The van der Waals surface area contributed by atoms with Crippen molar-refractivity contribution in [3.8, 4) is 0 Å². The van der Waals surface area contributed by atoms with Crippen molar-refractivity contribution in [3.05, 3.63) is 74.5 Å². The molecule has 2 aromatic heterocycles. The maximum atomic E-state index is 13.1. The first-order chi connectivity index (χ1) is 14.0. The van der Waals surface area contributed by atoms with E-state index in [0.717, 1.165) is 21.0 Å². The van der Waals surface area contributed by atoms with Crippen molar-refractivity contribution in [1.82, 2.24) is 10.2 Å². The molecule has 3 heterocycles. The lowest BCUT2D eigenvalue weighted by molar-refractivity contribution is 0.0955. The molecule has 0 saturated carbocycles. The summed E-state index contributed by atoms with van der Waals surface area (Å²) in [6.45, 7) is 3.98. The molecule has 0 aliphatic carbocycles. The number of hydrogen-bond acceptors (Lipinski definition) is 4. The second-order valence-electron chi connectivity index (χ2n) is 6.84. The third-order valence-electron chi connectivity index (χ3n) is 4.76. The molecule has 0 unspecified atom stereocenters. The Balaban J connectivity index is 1.42. The molecular weight excluding hydrogens is 409 g/mol. The van der Waals surface area contributed by atoms with Crippen LogP contribution in [-0.2, 0) is 13.1 Å². The average Bonchev–Trinajstić information content (AvgIpc) is 3.43. The van der Waals surface area contributed by atoms with Gasteiger partial charge in [0, 0.05) is 24.5 Å². The molecule has 1 N–H and O–H groups in total. The number of anilines is 1. The number of aryl methyl sites for hydroxylation is 1. The van der Waals surface area contributed by atoms with Gasteiger partial charge in [-0.25, -0.2) is 9.18 Å². The largest absolute Gasteiger partial charge is 0.346 e. The minimum absolute atomic E-state index is 0.0962. The fraction of sp³-hybridized carbons (Fsp3) is 0.238. The van der Waals surface area contributed by atoms with E-state index in [-0.39, 0.29) is 17.8 Å². The van der Waals surface area contributed by atoms with Gasteiger partial charge in [0.15, 0.2) is 0 Å². The predicted molar refractivity (Wildman–Crippen MR) is 114 cm³/mol. The molecule has 4 rings (SSSR count). The van der Waals surface area contributed by atoms with Gasteiger partial charge in [0.25, 0.3) is 5.91 Å². The molecule has 1 aliphatic rings. The van der Waals surface area contributed by atoms with Crippen LogP contribution in [0, 0.1) is 12.7 Å². The fourth-order valence-corrected chi connectivity index (χ4v) is 4.98. The van der Waals surface area contributed by atoms with E-state index in [1.54, 1.807) is 33.3 Å². The summed E-state index contributed by atoms with van der Waals surface area (Å²) < 4.78 is 13.1. The van der Waals surface area contributed by atoms with Crippen molar-refractivity contribution < 1.29 is 14.0 Å². The van der Waals surface area contributed by atoms with E-state index >= 15 is 0 Å². The SMILES string of the molecule is Cc1cc(N2CCN(Cc3ccc(F)cc3)C2=O)sc1C(=O)NCc1cccs1. The second kappa shape index (κ2) is 8.34. The summed E-state index contributed by atoms with van der Waals surface area (Å²) in [6, 6.07) is 11.9. The maximum absolute atomic E-state index is 13.1. The van der Waals surface area contributed by atoms with Crippen molar-refractivity contribution >= 4 is 39.6 Å². The smallest absolute Gasteiger partial charge is 0.325 e. The highest BCUT2D eigenvalue weighted by Gasteiger charge is 2.31. The summed E-state index contributed by atoms with van der Waals surface area (Å²) in [5.41, 5.74) is 1.75. The van der Waals surface area contributed by atoms with Crippen molar-refractivity contribution in [2.24, 2.45) is 0 Å². The van der Waals surface area contributed by atoms with Gasteiger partial charge in [-0.3, -0.25) is 9.69 Å². The van der Waals surface area contributed by atoms with Gasteiger partial charge < -0.3 is 10.2 Å². The number of halogens is 1. The zero-order chi connectivity index (χ0) is 20.4. The Morgan fingerprint density at radius 1 is 1.21 bits per heavy atom. The first kappa shape index (κ1) is 19.6. The summed E-state index contributed by atoms with van der Waals surface area (Å²) in [6.07, 6.45) is 0. The number of amides is 3. The van der Waals surface area contributed by atoms with Gasteiger partial charge in [0.05, 0.1) is 11.4 Å². The predicted octanol–water partition coefficient (Wildman–Crippen LogP) is 4.63. The van der Waals surface area contributed by atoms with Crippen LogP contribution in [0.4, 0.5) is 14.2 Å². The zero-order valence-corrected chi connectivity index (χ0v) is 17.5. The van der Waals surface area contributed by atoms with Crippen LogP contribution in [0.5, 0.6) is 0 Å². The first-order valence-electron chi connectivity index (χ1n) is 9.23. The Morgan fingerprint density at radius 2 is 2.00 bits per heavy atom.